The minimum Gasteiger partial charge on any atom is -0.330 e. The average Bonchev–Trinajstić information content (AvgIpc) is 2.99. The van der Waals surface area contributed by atoms with Gasteiger partial charge >= 0.3 is 0 Å². The van der Waals surface area contributed by atoms with Crippen LogP contribution < -0.4 is 5.73 Å². The van der Waals surface area contributed by atoms with E-state index < -0.39 is 0 Å². The van der Waals surface area contributed by atoms with Crippen LogP contribution in [0, 0.1) is 0 Å². The molecule has 0 bridgehead atoms. The molecule has 1 heteroatoms. The monoisotopic (exact) mass is 189 g/mol. The van der Waals surface area contributed by atoms with Crippen molar-refractivity contribution >= 4 is 0 Å². The van der Waals surface area contributed by atoms with Gasteiger partial charge in [0.05, 0.1) is 0 Å². The molecule has 1 aromatic rings. The summed E-state index contributed by atoms with van der Waals surface area (Å²) < 4.78 is 0. The normalized spacial score (nSPS) is 18.6. The quantitative estimate of drug-likeness (QED) is 0.777. The first-order valence-corrected chi connectivity index (χ1v) is 5.48. The van der Waals surface area contributed by atoms with Crippen LogP contribution in [0.25, 0.3) is 0 Å². The number of benzene rings is 1. The zero-order chi connectivity index (χ0) is 10.2. The highest BCUT2D eigenvalue weighted by molar-refractivity contribution is 5.34. The minimum absolute atomic E-state index is 0.343. The van der Waals surface area contributed by atoms with Gasteiger partial charge in [0, 0.05) is 12.0 Å². The molecular formula is C13H19N. The van der Waals surface area contributed by atoms with Crippen molar-refractivity contribution in [2.75, 3.05) is 6.54 Å². The fourth-order valence-electron chi connectivity index (χ4n) is 1.98. The van der Waals surface area contributed by atoms with Gasteiger partial charge in [-0.05, 0) is 29.9 Å². The predicted molar refractivity (Wildman–Crippen MR) is 60.5 cm³/mol. The second-order valence-corrected chi connectivity index (χ2v) is 4.76. The van der Waals surface area contributed by atoms with E-state index in [9.17, 15) is 0 Å². The first-order valence-electron chi connectivity index (χ1n) is 5.48. The molecule has 14 heavy (non-hydrogen) atoms. The molecule has 0 heterocycles. The van der Waals surface area contributed by atoms with Crippen molar-refractivity contribution in [2.24, 2.45) is 5.73 Å². The summed E-state index contributed by atoms with van der Waals surface area (Å²) in [5, 5.41) is 0. The van der Waals surface area contributed by atoms with E-state index in [1.807, 2.05) is 0 Å². The highest BCUT2D eigenvalue weighted by atomic mass is 14.7. The molecule has 0 unspecified atom stereocenters. The fraction of sp³-hybridized carbons (Fsp3) is 0.538. The third kappa shape index (κ3) is 1.57. The predicted octanol–water partition coefficient (Wildman–Crippen LogP) is 2.80. The van der Waals surface area contributed by atoms with Crippen LogP contribution in [0.5, 0.6) is 0 Å². The van der Waals surface area contributed by atoms with E-state index in [2.05, 4.69) is 38.1 Å². The standard InChI is InChI=1S/C13H19N/c1-10(2)11-3-5-12(6-4-11)13(9-14)7-8-13/h3-6,10H,7-9,14H2,1-2H3. The van der Waals surface area contributed by atoms with Gasteiger partial charge in [-0.1, -0.05) is 38.1 Å². The van der Waals surface area contributed by atoms with Crippen LogP contribution in [-0.4, -0.2) is 6.54 Å². The maximum absolute atomic E-state index is 5.80. The van der Waals surface area contributed by atoms with Gasteiger partial charge in [0.2, 0.25) is 0 Å². The van der Waals surface area contributed by atoms with E-state index in [1.165, 1.54) is 24.0 Å². The lowest BCUT2D eigenvalue weighted by Gasteiger charge is -2.14. The van der Waals surface area contributed by atoms with Gasteiger partial charge in [-0.3, -0.25) is 0 Å². The Bertz CT molecular complexity index is 307. The summed E-state index contributed by atoms with van der Waals surface area (Å²) in [4.78, 5) is 0. The van der Waals surface area contributed by atoms with Crippen molar-refractivity contribution in [2.45, 2.75) is 38.0 Å². The van der Waals surface area contributed by atoms with Gasteiger partial charge in [0.15, 0.2) is 0 Å². The first-order chi connectivity index (χ1) is 6.68. The molecule has 2 N–H and O–H groups in total. The molecule has 0 saturated heterocycles. The third-order valence-electron chi connectivity index (χ3n) is 3.43. The van der Waals surface area contributed by atoms with Gasteiger partial charge in [-0.15, -0.1) is 0 Å². The first kappa shape index (κ1) is 9.72. The van der Waals surface area contributed by atoms with Crippen LogP contribution in [0.2, 0.25) is 0 Å². The number of rotatable bonds is 3. The summed E-state index contributed by atoms with van der Waals surface area (Å²) in [7, 11) is 0. The number of nitrogens with two attached hydrogens (primary N) is 1. The Kier molecular flexibility index (Phi) is 2.36. The Morgan fingerprint density at radius 3 is 2.14 bits per heavy atom. The second kappa shape index (κ2) is 3.39. The topological polar surface area (TPSA) is 26.0 Å². The maximum Gasteiger partial charge on any atom is 0.00762 e. The van der Waals surface area contributed by atoms with E-state index >= 15 is 0 Å². The molecule has 0 radical (unpaired) electrons. The van der Waals surface area contributed by atoms with Gasteiger partial charge in [-0.2, -0.15) is 0 Å². The average molecular weight is 189 g/mol. The van der Waals surface area contributed by atoms with E-state index in [-0.39, 0.29) is 0 Å². The fourth-order valence-corrected chi connectivity index (χ4v) is 1.98. The summed E-state index contributed by atoms with van der Waals surface area (Å²) in [6.07, 6.45) is 2.54. The molecule has 0 aromatic heterocycles. The molecule has 1 saturated carbocycles. The van der Waals surface area contributed by atoms with Crippen molar-refractivity contribution in [3.05, 3.63) is 35.4 Å². The minimum atomic E-state index is 0.343. The van der Waals surface area contributed by atoms with E-state index in [4.69, 9.17) is 5.73 Å². The summed E-state index contributed by atoms with van der Waals surface area (Å²) >= 11 is 0. The van der Waals surface area contributed by atoms with Crippen LogP contribution in [0.4, 0.5) is 0 Å². The Balaban J connectivity index is 2.22. The zero-order valence-corrected chi connectivity index (χ0v) is 9.09. The van der Waals surface area contributed by atoms with Gasteiger partial charge in [0.1, 0.15) is 0 Å². The highest BCUT2D eigenvalue weighted by Gasteiger charge is 2.42. The van der Waals surface area contributed by atoms with Crippen LogP contribution in [-0.2, 0) is 5.41 Å². The van der Waals surface area contributed by atoms with E-state index in [1.54, 1.807) is 0 Å². The molecule has 0 amide bonds. The van der Waals surface area contributed by atoms with Crippen molar-refractivity contribution in [1.82, 2.24) is 0 Å². The van der Waals surface area contributed by atoms with Crippen LogP contribution in [0.3, 0.4) is 0 Å². The lowest BCUT2D eigenvalue weighted by molar-refractivity contribution is 0.703. The largest absolute Gasteiger partial charge is 0.330 e. The van der Waals surface area contributed by atoms with Crippen molar-refractivity contribution in [3.63, 3.8) is 0 Å². The summed E-state index contributed by atoms with van der Waals surface area (Å²) in [5.74, 6) is 0.622. The summed E-state index contributed by atoms with van der Waals surface area (Å²) in [6.45, 7) is 5.25. The molecule has 0 atom stereocenters. The second-order valence-electron chi connectivity index (χ2n) is 4.76. The van der Waals surface area contributed by atoms with Crippen LogP contribution in [0.15, 0.2) is 24.3 Å². The molecule has 1 nitrogen and oxygen atoms in total. The Morgan fingerprint density at radius 2 is 1.79 bits per heavy atom. The molecule has 1 aromatic carbocycles. The van der Waals surface area contributed by atoms with Crippen LogP contribution in [0.1, 0.15) is 43.7 Å². The molecule has 76 valence electrons. The molecule has 1 aliphatic carbocycles. The van der Waals surface area contributed by atoms with Crippen LogP contribution >= 0.6 is 0 Å². The number of hydrogen-bond acceptors (Lipinski definition) is 1. The highest BCUT2D eigenvalue weighted by Crippen LogP contribution is 2.47. The smallest absolute Gasteiger partial charge is 0.00762 e. The molecular weight excluding hydrogens is 170 g/mol. The van der Waals surface area contributed by atoms with Crippen molar-refractivity contribution in [3.8, 4) is 0 Å². The number of hydrogen-bond donors (Lipinski definition) is 1. The molecule has 2 rings (SSSR count). The molecule has 0 spiro atoms. The van der Waals surface area contributed by atoms with Crippen molar-refractivity contribution in [1.29, 1.82) is 0 Å². The van der Waals surface area contributed by atoms with Gasteiger partial charge in [-0.25, -0.2) is 0 Å². The van der Waals surface area contributed by atoms with Gasteiger partial charge < -0.3 is 5.73 Å². The zero-order valence-electron chi connectivity index (χ0n) is 9.09. The third-order valence-corrected chi connectivity index (χ3v) is 3.43. The SMILES string of the molecule is CC(C)c1ccc(C2(CN)CC2)cc1. The molecule has 1 fully saturated rings. The lowest BCUT2D eigenvalue weighted by atomic mass is 9.93. The van der Waals surface area contributed by atoms with Gasteiger partial charge in [0.25, 0.3) is 0 Å². The van der Waals surface area contributed by atoms with Crippen molar-refractivity contribution < 1.29 is 0 Å². The molecule has 0 aliphatic heterocycles. The Morgan fingerprint density at radius 1 is 1.21 bits per heavy atom. The lowest BCUT2D eigenvalue weighted by Crippen LogP contribution is -2.19. The van der Waals surface area contributed by atoms with E-state index in [0.29, 0.717) is 11.3 Å². The molecule has 1 aliphatic rings. The maximum atomic E-state index is 5.80. The summed E-state index contributed by atoms with van der Waals surface area (Å²) in [5.41, 5.74) is 8.99. The Hall–Kier alpha value is -0.820. The van der Waals surface area contributed by atoms with E-state index in [0.717, 1.165) is 6.54 Å². The Labute approximate surface area is 86.3 Å². The summed E-state index contributed by atoms with van der Waals surface area (Å²) in [6, 6.07) is 9.01.